The topological polar surface area (TPSA) is 72.9 Å². The SMILES string of the molecule is CCN(CC(=O)O)C1CCN(C(=O)NCC(C)(C)c2cccc(C)c2)CC1. The molecule has 2 N–H and O–H groups in total. The minimum atomic E-state index is -0.796. The molecule has 1 aliphatic heterocycles. The molecule has 27 heavy (non-hydrogen) atoms. The lowest BCUT2D eigenvalue weighted by Crippen LogP contribution is -2.51. The number of amides is 2. The molecule has 0 spiro atoms. The lowest BCUT2D eigenvalue weighted by Gasteiger charge is -2.38. The molecule has 0 saturated carbocycles. The van der Waals surface area contributed by atoms with Crippen LogP contribution >= 0.6 is 0 Å². The second-order valence-corrected chi connectivity index (χ2v) is 8.09. The summed E-state index contributed by atoms with van der Waals surface area (Å²) < 4.78 is 0. The molecule has 0 aromatic heterocycles. The van der Waals surface area contributed by atoms with E-state index in [-0.39, 0.29) is 24.0 Å². The molecule has 0 bridgehead atoms. The molecule has 0 radical (unpaired) electrons. The van der Waals surface area contributed by atoms with E-state index in [1.54, 1.807) is 0 Å². The van der Waals surface area contributed by atoms with Crippen molar-refractivity contribution in [2.24, 2.45) is 0 Å². The second kappa shape index (κ2) is 9.22. The Balaban J connectivity index is 1.84. The molecule has 0 unspecified atom stereocenters. The largest absolute Gasteiger partial charge is 0.480 e. The number of carboxylic acid groups (broad SMARTS) is 1. The van der Waals surface area contributed by atoms with E-state index in [2.05, 4.69) is 50.4 Å². The molecule has 1 heterocycles. The van der Waals surface area contributed by atoms with Gasteiger partial charge in [0.2, 0.25) is 0 Å². The van der Waals surface area contributed by atoms with Crippen molar-refractivity contribution in [3.8, 4) is 0 Å². The van der Waals surface area contributed by atoms with Crippen molar-refractivity contribution in [3.05, 3.63) is 35.4 Å². The summed E-state index contributed by atoms with van der Waals surface area (Å²) in [6.45, 7) is 11.0. The highest BCUT2D eigenvalue weighted by atomic mass is 16.4. The number of benzene rings is 1. The number of nitrogens with zero attached hydrogens (tertiary/aromatic N) is 2. The zero-order valence-corrected chi connectivity index (χ0v) is 17.0. The van der Waals surface area contributed by atoms with Gasteiger partial charge < -0.3 is 15.3 Å². The van der Waals surface area contributed by atoms with Gasteiger partial charge in [0.15, 0.2) is 0 Å². The maximum atomic E-state index is 12.6. The van der Waals surface area contributed by atoms with Gasteiger partial charge in [-0.05, 0) is 31.9 Å². The average Bonchev–Trinajstić information content (AvgIpc) is 2.64. The van der Waals surface area contributed by atoms with Crippen LogP contribution in [-0.4, -0.2) is 65.7 Å². The van der Waals surface area contributed by atoms with Crippen molar-refractivity contribution in [2.75, 3.05) is 32.7 Å². The predicted octanol–water partition coefficient (Wildman–Crippen LogP) is 2.85. The number of rotatable bonds is 7. The molecular formula is C21H33N3O3. The number of aryl methyl sites for hydroxylation is 1. The van der Waals surface area contributed by atoms with Crippen LogP contribution in [0.1, 0.15) is 44.7 Å². The van der Waals surface area contributed by atoms with Crippen LogP contribution in [0.15, 0.2) is 24.3 Å². The van der Waals surface area contributed by atoms with E-state index in [1.807, 2.05) is 16.7 Å². The van der Waals surface area contributed by atoms with Gasteiger partial charge >= 0.3 is 12.0 Å². The summed E-state index contributed by atoms with van der Waals surface area (Å²) in [5.74, 6) is -0.796. The van der Waals surface area contributed by atoms with Gasteiger partial charge in [-0.3, -0.25) is 9.69 Å². The minimum absolute atomic E-state index is 0.0320. The summed E-state index contributed by atoms with van der Waals surface area (Å²) >= 11 is 0. The first kappa shape index (κ1) is 21.2. The summed E-state index contributed by atoms with van der Waals surface area (Å²) in [5, 5.41) is 12.1. The van der Waals surface area contributed by atoms with Crippen LogP contribution < -0.4 is 5.32 Å². The third-order valence-corrected chi connectivity index (χ3v) is 5.49. The fraction of sp³-hybridized carbons (Fsp3) is 0.619. The van der Waals surface area contributed by atoms with Crippen LogP contribution in [0.25, 0.3) is 0 Å². The summed E-state index contributed by atoms with van der Waals surface area (Å²) in [4.78, 5) is 27.4. The van der Waals surface area contributed by atoms with Crippen molar-refractivity contribution in [1.29, 1.82) is 0 Å². The van der Waals surface area contributed by atoms with Crippen molar-refractivity contribution in [1.82, 2.24) is 15.1 Å². The molecule has 1 fully saturated rings. The standard InChI is InChI=1S/C21H33N3O3/c1-5-23(14-19(25)26)18-9-11-24(12-10-18)20(27)22-15-21(3,4)17-8-6-7-16(2)13-17/h6-8,13,18H,5,9-12,14-15H2,1-4H3,(H,22,27)(H,25,26). The van der Waals surface area contributed by atoms with Gasteiger partial charge in [-0.25, -0.2) is 4.79 Å². The number of piperidine rings is 1. The lowest BCUT2D eigenvalue weighted by molar-refractivity contribution is -0.139. The first-order valence-electron chi connectivity index (χ1n) is 9.78. The van der Waals surface area contributed by atoms with Crippen LogP contribution in [0, 0.1) is 6.92 Å². The average molecular weight is 376 g/mol. The third-order valence-electron chi connectivity index (χ3n) is 5.49. The molecular weight excluding hydrogens is 342 g/mol. The highest BCUT2D eigenvalue weighted by molar-refractivity contribution is 5.74. The predicted molar refractivity (Wildman–Crippen MR) is 107 cm³/mol. The maximum Gasteiger partial charge on any atom is 0.317 e. The number of likely N-dealkylation sites (N-methyl/N-ethyl adjacent to an activating group) is 1. The van der Waals surface area contributed by atoms with Gasteiger partial charge in [-0.1, -0.05) is 50.6 Å². The van der Waals surface area contributed by atoms with Gasteiger partial charge in [0.25, 0.3) is 0 Å². The molecule has 2 rings (SSSR count). The van der Waals surface area contributed by atoms with Gasteiger partial charge in [-0.15, -0.1) is 0 Å². The lowest BCUT2D eigenvalue weighted by atomic mass is 9.84. The second-order valence-electron chi connectivity index (χ2n) is 8.09. The normalized spacial score (nSPS) is 15.8. The van der Waals surface area contributed by atoms with E-state index >= 15 is 0 Å². The number of likely N-dealkylation sites (tertiary alicyclic amines) is 1. The number of hydrogen-bond acceptors (Lipinski definition) is 3. The van der Waals surface area contributed by atoms with Crippen molar-refractivity contribution in [3.63, 3.8) is 0 Å². The number of nitrogens with one attached hydrogen (secondary N) is 1. The Bertz CT molecular complexity index is 652. The third kappa shape index (κ3) is 5.96. The molecule has 6 nitrogen and oxygen atoms in total. The molecule has 150 valence electrons. The number of hydrogen-bond donors (Lipinski definition) is 2. The molecule has 1 aromatic carbocycles. The van der Waals surface area contributed by atoms with Crippen LogP contribution in [0.5, 0.6) is 0 Å². The zero-order chi connectivity index (χ0) is 20.0. The monoisotopic (exact) mass is 375 g/mol. The smallest absolute Gasteiger partial charge is 0.317 e. The van der Waals surface area contributed by atoms with Gasteiger partial charge in [0.1, 0.15) is 0 Å². The summed E-state index contributed by atoms with van der Waals surface area (Å²) in [7, 11) is 0. The van der Waals surface area contributed by atoms with Gasteiger partial charge in [-0.2, -0.15) is 0 Å². The summed E-state index contributed by atoms with van der Waals surface area (Å²) in [6, 6.07) is 8.60. The highest BCUT2D eigenvalue weighted by Gasteiger charge is 2.28. The molecule has 1 saturated heterocycles. The Labute approximate surface area is 162 Å². The summed E-state index contributed by atoms with van der Waals surface area (Å²) in [6.07, 6.45) is 1.63. The Hall–Kier alpha value is -2.08. The molecule has 6 heteroatoms. The number of carboxylic acids is 1. The first-order chi connectivity index (χ1) is 12.7. The van der Waals surface area contributed by atoms with Crippen LogP contribution in [0.2, 0.25) is 0 Å². The summed E-state index contributed by atoms with van der Waals surface area (Å²) in [5.41, 5.74) is 2.30. The van der Waals surface area contributed by atoms with Crippen molar-refractivity contribution < 1.29 is 14.7 Å². The molecule has 0 aliphatic carbocycles. The Morgan fingerprint density at radius 2 is 1.96 bits per heavy atom. The Morgan fingerprint density at radius 1 is 1.30 bits per heavy atom. The number of carbonyl (C=O) groups is 2. The quantitative estimate of drug-likeness (QED) is 0.769. The number of urea groups is 1. The van der Waals surface area contributed by atoms with E-state index in [1.165, 1.54) is 11.1 Å². The fourth-order valence-corrected chi connectivity index (χ4v) is 3.68. The minimum Gasteiger partial charge on any atom is -0.480 e. The Kier molecular flexibility index (Phi) is 7.25. The van der Waals surface area contributed by atoms with Gasteiger partial charge in [0.05, 0.1) is 6.54 Å². The van der Waals surface area contributed by atoms with Crippen LogP contribution in [0.4, 0.5) is 4.79 Å². The molecule has 0 atom stereocenters. The first-order valence-corrected chi connectivity index (χ1v) is 9.78. The highest BCUT2D eigenvalue weighted by Crippen LogP contribution is 2.23. The molecule has 1 aliphatic rings. The van der Waals surface area contributed by atoms with E-state index in [0.717, 1.165) is 12.8 Å². The zero-order valence-electron chi connectivity index (χ0n) is 17.0. The van der Waals surface area contributed by atoms with E-state index in [9.17, 15) is 9.59 Å². The van der Waals surface area contributed by atoms with Gasteiger partial charge in [0, 0.05) is 31.1 Å². The Morgan fingerprint density at radius 3 is 2.52 bits per heavy atom. The maximum absolute atomic E-state index is 12.6. The number of aliphatic carboxylic acids is 1. The van der Waals surface area contributed by atoms with Crippen LogP contribution in [0.3, 0.4) is 0 Å². The van der Waals surface area contributed by atoms with E-state index in [4.69, 9.17) is 5.11 Å². The van der Waals surface area contributed by atoms with Crippen LogP contribution in [-0.2, 0) is 10.2 Å². The van der Waals surface area contributed by atoms with Crippen molar-refractivity contribution in [2.45, 2.75) is 52.0 Å². The van der Waals surface area contributed by atoms with E-state index in [0.29, 0.717) is 26.2 Å². The number of carbonyl (C=O) groups excluding carboxylic acids is 1. The van der Waals surface area contributed by atoms with E-state index < -0.39 is 5.97 Å². The fourth-order valence-electron chi connectivity index (χ4n) is 3.68. The molecule has 2 amide bonds. The molecule has 1 aromatic rings. The van der Waals surface area contributed by atoms with Crippen molar-refractivity contribution >= 4 is 12.0 Å².